The Morgan fingerprint density at radius 1 is 0.974 bits per heavy atom. The smallest absolute Gasteiger partial charge is 0.336 e. The lowest BCUT2D eigenvalue weighted by Crippen LogP contribution is -2.32. The van der Waals surface area contributed by atoms with Gasteiger partial charge in [-0.1, -0.05) is 31.2 Å². The maximum absolute atomic E-state index is 13.4. The number of nitro groups is 1. The average Bonchev–Trinajstić information content (AvgIpc) is 2.90. The molecule has 0 saturated heterocycles. The van der Waals surface area contributed by atoms with E-state index < -0.39 is 22.8 Å². The zero-order valence-electron chi connectivity index (χ0n) is 21.7. The molecule has 1 unspecified atom stereocenters. The average molecular weight is 525 g/mol. The van der Waals surface area contributed by atoms with Crippen LogP contribution >= 0.6 is 0 Å². The van der Waals surface area contributed by atoms with Gasteiger partial charge in [0.15, 0.2) is 0 Å². The second-order valence-electron chi connectivity index (χ2n) is 8.73. The van der Waals surface area contributed by atoms with Gasteiger partial charge in [0, 0.05) is 29.9 Å². The summed E-state index contributed by atoms with van der Waals surface area (Å²) in [5.41, 5.74) is 2.55. The minimum atomic E-state index is -0.907. The molecule has 0 bridgehead atoms. The van der Waals surface area contributed by atoms with Gasteiger partial charge in [0.25, 0.3) is 5.69 Å². The van der Waals surface area contributed by atoms with Crippen LogP contribution in [0.15, 0.2) is 71.1 Å². The number of allylic oxidation sites excluding steroid dienone is 2. The van der Waals surface area contributed by atoms with E-state index in [9.17, 15) is 19.7 Å². The number of carbonyl (C=O) groups excluding carboxylic acids is 2. The lowest BCUT2D eigenvalue weighted by atomic mass is 9.80. The number of hydrogen-bond donors (Lipinski definition) is 2. The number of rotatable bonds is 12. The quantitative estimate of drug-likeness (QED) is 0.240. The maximum atomic E-state index is 13.4. The van der Waals surface area contributed by atoms with Crippen molar-refractivity contribution in [1.29, 1.82) is 0 Å². The topological polar surface area (TPSA) is 137 Å². The number of ether oxygens (including phenoxy) is 3. The Hall–Kier alpha value is -4.18. The fourth-order valence-electron chi connectivity index (χ4n) is 4.21. The first-order chi connectivity index (χ1) is 18.3. The molecule has 0 spiro atoms. The highest BCUT2D eigenvalue weighted by Crippen LogP contribution is 2.40. The van der Waals surface area contributed by atoms with Crippen molar-refractivity contribution in [2.45, 2.75) is 39.5 Å². The summed E-state index contributed by atoms with van der Waals surface area (Å²) in [7, 11) is 0. The van der Waals surface area contributed by atoms with Crippen molar-refractivity contribution in [1.82, 2.24) is 5.32 Å². The van der Waals surface area contributed by atoms with Crippen LogP contribution in [0.25, 0.3) is 0 Å². The minimum absolute atomic E-state index is 0.0758. The molecule has 0 amide bonds. The van der Waals surface area contributed by atoms with Crippen LogP contribution in [0.2, 0.25) is 0 Å². The first-order valence-electron chi connectivity index (χ1n) is 12.4. The first kappa shape index (κ1) is 28.4. The number of aliphatic hydroxyl groups is 1. The molecule has 1 aliphatic rings. The fraction of sp³-hybridized carbons (Fsp3) is 0.357. The molecule has 0 aliphatic carbocycles. The molecule has 2 aromatic rings. The zero-order chi connectivity index (χ0) is 27.7. The van der Waals surface area contributed by atoms with Gasteiger partial charge in [-0.25, -0.2) is 9.59 Å². The van der Waals surface area contributed by atoms with Crippen LogP contribution in [0, 0.1) is 10.1 Å². The van der Waals surface area contributed by atoms with Gasteiger partial charge in [-0.15, -0.1) is 0 Å². The molecule has 1 aliphatic heterocycles. The van der Waals surface area contributed by atoms with E-state index in [0.717, 1.165) is 5.56 Å². The van der Waals surface area contributed by atoms with Gasteiger partial charge in [0.2, 0.25) is 0 Å². The summed E-state index contributed by atoms with van der Waals surface area (Å²) in [6, 6.07) is 13.1. The van der Waals surface area contributed by atoms with E-state index in [4.69, 9.17) is 19.3 Å². The molecule has 10 heteroatoms. The summed E-state index contributed by atoms with van der Waals surface area (Å²) in [5.74, 6) is -1.52. The zero-order valence-corrected chi connectivity index (χ0v) is 21.7. The molecule has 0 fully saturated rings. The third-order valence-electron chi connectivity index (χ3n) is 5.96. The maximum Gasteiger partial charge on any atom is 0.336 e. The van der Waals surface area contributed by atoms with E-state index >= 15 is 0 Å². The van der Waals surface area contributed by atoms with Crippen molar-refractivity contribution in [3.8, 4) is 5.75 Å². The standard InChI is InChI=1S/C28H32N2O8/c1-4-14-37-27(32)24-18(2)29-19(3)25(26(24)21-6-5-7-22(17-21)30(34)35)28(33)38-15-12-20-8-10-23(11-9-20)36-16-13-31/h5-11,17,26,29,31H,4,12-16H2,1-3H3. The summed E-state index contributed by atoms with van der Waals surface area (Å²) in [5, 5.41) is 23.4. The Kier molecular flexibility index (Phi) is 10.0. The van der Waals surface area contributed by atoms with E-state index in [2.05, 4.69) is 5.32 Å². The number of benzene rings is 2. The monoisotopic (exact) mass is 524 g/mol. The Labute approximate surface area is 221 Å². The normalized spacial score (nSPS) is 15.1. The lowest BCUT2D eigenvalue weighted by molar-refractivity contribution is -0.384. The highest BCUT2D eigenvalue weighted by atomic mass is 16.6. The van der Waals surface area contributed by atoms with E-state index in [-0.39, 0.29) is 43.3 Å². The van der Waals surface area contributed by atoms with E-state index in [1.54, 1.807) is 32.0 Å². The molecule has 1 atom stereocenters. The number of nitrogens with zero attached hydrogens (tertiary/aromatic N) is 1. The van der Waals surface area contributed by atoms with Crippen molar-refractivity contribution in [3.63, 3.8) is 0 Å². The number of dihydropyridines is 1. The van der Waals surface area contributed by atoms with Crippen LogP contribution in [-0.2, 0) is 25.5 Å². The number of non-ortho nitro benzene ring substituents is 1. The van der Waals surface area contributed by atoms with E-state index in [1.165, 1.54) is 18.2 Å². The fourth-order valence-corrected chi connectivity index (χ4v) is 4.21. The van der Waals surface area contributed by atoms with Crippen LogP contribution in [0.5, 0.6) is 5.75 Å². The number of nitro benzene ring substituents is 1. The van der Waals surface area contributed by atoms with Crippen molar-refractivity contribution in [2.75, 3.05) is 26.4 Å². The van der Waals surface area contributed by atoms with Gasteiger partial charge in [-0.05, 0) is 43.5 Å². The van der Waals surface area contributed by atoms with Gasteiger partial charge >= 0.3 is 11.9 Å². The predicted molar refractivity (Wildman–Crippen MR) is 139 cm³/mol. The molecule has 3 rings (SSSR count). The van der Waals surface area contributed by atoms with Crippen LogP contribution in [0.4, 0.5) is 5.69 Å². The van der Waals surface area contributed by atoms with Crippen molar-refractivity contribution in [3.05, 3.63) is 92.3 Å². The Bertz CT molecular complexity index is 1230. The summed E-state index contributed by atoms with van der Waals surface area (Å²) < 4.78 is 16.4. The predicted octanol–water partition coefficient (Wildman–Crippen LogP) is 3.94. The molecule has 2 N–H and O–H groups in total. The first-order valence-corrected chi connectivity index (χ1v) is 12.4. The summed E-state index contributed by atoms with van der Waals surface area (Å²) >= 11 is 0. The van der Waals surface area contributed by atoms with E-state index in [0.29, 0.717) is 35.5 Å². The molecule has 0 saturated carbocycles. The van der Waals surface area contributed by atoms with E-state index in [1.807, 2.05) is 19.1 Å². The Morgan fingerprint density at radius 2 is 1.61 bits per heavy atom. The highest BCUT2D eigenvalue weighted by molar-refractivity contribution is 6.00. The molecule has 38 heavy (non-hydrogen) atoms. The summed E-state index contributed by atoms with van der Waals surface area (Å²) in [6.07, 6.45) is 1.05. The van der Waals surface area contributed by atoms with Gasteiger partial charge in [0.1, 0.15) is 12.4 Å². The molecule has 1 heterocycles. The molecule has 10 nitrogen and oxygen atoms in total. The third-order valence-corrected chi connectivity index (χ3v) is 5.96. The van der Waals surface area contributed by atoms with Crippen molar-refractivity contribution >= 4 is 17.6 Å². The number of aliphatic hydroxyl groups excluding tert-OH is 1. The molecular formula is C28H32N2O8. The summed E-state index contributed by atoms with van der Waals surface area (Å²) in [4.78, 5) is 37.4. The SMILES string of the molecule is CCCOC(=O)C1=C(C)NC(C)=C(C(=O)OCCc2ccc(OCCO)cc2)C1c1cccc([N+](=O)[O-])c1. The van der Waals surface area contributed by atoms with Crippen molar-refractivity contribution in [2.24, 2.45) is 0 Å². The van der Waals surface area contributed by atoms with Gasteiger partial charge in [0.05, 0.1) is 41.8 Å². The second-order valence-corrected chi connectivity index (χ2v) is 8.73. The molecule has 0 aromatic heterocycles. The molecule has 202 valence electrons. The van der Waals surface area contributed by atoms with Gasteiger partial charge in [-0.2, -0.15) is 0 Å². The van der Waals surface area contributed by atoms with Gasteiger partial charge < -0.3 is 24.6 Å². The number of hydrogen-bond acceptors (Lipinski definition) is 9. The minimum Gasteiger partial charge on any atom is -0.491 e. The lowest BCUT2D eigenvalue weighted by Gasteiger charge is -2.30. The van der Waals surface area contributed by atoms with Crippen molar-refractivity contribution < 1.29 is 33.8 Å². The number of nitrogens with one attached hydrogen (secondary N) is 1. The highest BCUT2D eigenvalue weighted by Gasteiger charge is 2.38. The second kappa shape index (κ2) is 13.4. The molecule has 2 aromatic carbocycles. The van der Waals surface area contributed by atoms with Crippen LogP contribution in [0.3, 0.4) is 0 Å². The third kappa shape index (κ3) is 6.98. The Balaban J connectivity index is 1.86. The molecule has 0 radical (unpaired) electrons. The van der Waals surface area contributed by atoms with Gasteiger partial charge in [-0.3, -0.25) is 10.1 Å². The van der Waals surface area contributed by atoms with Crippen LogP contribution in [-0.4, -0.2) is 48.4 Å². The Morgan fingerprint density at radius 3 is 2.18 bits per heavy atom. The largest absolute Gasteiger partial charge is 0.491 e. The number of esters is 2. The van der Waals surface area contributed by atoms with Crippen LogP contribution in [0.1, 0.15) is 44.2 Å². The van der Waals surface area contributed by atoms with Crippen LogP contribution < -0.4 is 10.1 Å². The molecular weight excluding hydrogens is 492 g/mol. The summed E-state index contributed by atoms with van der Waals surface area (Å²) in [6.45, 7) is 5.67. The number of carbonyl (C=O) groups is 2.